The van der Waals surface area contributed by atoms with Crippen LogP contribution in [0.1, 0.15) is 41.8 Å². The largest absolute Gasteiger partial charge is 0.465 e. The quantitative estimate of drug-likeness (QED) is 0.641. The van der Waals surface area contributed by atoms with Crippen molar-refractivity contribution in [2.24, 2.45) is 0 Å². The second kappa shape index (κ2) is 7.96. The summed E-state index contributed by atoms with van der Waals surface area (Å²) in [7, 11) is 1.27. The second-order valence-corrected chi connectivity index (χ2v) is 5.10. The molecule has 1 aromatic rings. The summed E-state index contributed by atoms with van der Waals surface area (Å²) < 4.78 is 4.64. The average molecular weight is 282 g/mol. The zero-order chi connectivity index (χ0) is 14.3. The summed E-state index contributed by atoms with van der Waals surface area (Å²) in [5, 5.41) is 9.69. The number of carbonyl (C=O) groups excluding carboxylic acids is 2. The lowest BCUT2D eigenvalue weighted by molar-refractivity contribution is -0.118. The molecule has 1 N–H and O–H groups in total. The molecule has 5 heteroatoms. The van der Waals surface area contributed by atoms with E-state index >= 15 is 0 Å². The van der Waals surface area contributed by atoms with Gasteiger partial charge in [0.05, 0.1) is 12.7 Å². The highest BCUT2D eigenvalue weighted by Gasteiger charge is 2.23. The van der Waals surface area contributed by atoms with Crippen LogP contribution >= 0.6 is 11.8 Å². The summed E-state index contributed by atoms with van der Waals surface area (Å²) in [5.41, 5.74) is 0.519. The summed E-state index contributed by atoms with van der Waals surface area (Å²) in [5.74, 6) is 0.119. The monoisotopic (exact) mass is 282 g/mol. The van der Waals surface area contributed by atoms with Crippen molar-refractivity contribution in [3.63, 3.8) is 0 Å². The number of hydrogen-bond acceptors (Lipinski definition) is 5. The predicted octanol–water partition coefficient (Wildman–Crippen LogP) is 2.57. The van der Waals surface area contributed by atoms with Gasteiger partial charge >= 0.3 is 5.97 Å². The van der Waals surface area contributed by atoms with E-state index in [2.05, 4.69) is 4.74 Å². The van der Waals surface area contributed by atoms with Gasteiger partial charge in [0, 0.05) is 11.3 Å². The number of methoxy groups -OCH3 is 1. The number of rotatable bonds is 6. The number of esters is 1. The van der Waals surface area contributed by atoms with Crippen LogP contribution in [0.25, 0.3) is 0 Å². The Morgan fingerprint density at radius 3 is 2.68 bits per heavy atom. The number of carbonyl (C=O) groups is 2. The molecule has 0 aromatic heterocycles. The summed E-state index contributed by atoms with van der Waals surface area (Å²) in [6, 6.07) is 6.44. The molecule has 0 spiro atoms. The first-order valence-electron chi connectivity index (χ1n) is 6.13. The molecular weight excluding hydrogens is 264 g/mol. The predicted molar refractivity (Wildman–Crippen MR) is 75.1 cm³/mol. The Labute approximate surface area is 117 Å². The molecule has 0 saturated carbocycles. The first-order valence-corrected chi connectivity index (χ1v) is 7.12. The summed E-state index contributed by atoms with van der Waals surface area (Å²) in [6.45, 7) is 2.04. The fourth-order valence-electron chi connectivity index (χ4n) is 1.55. The molecule has 0 fully saturated rings. The van der Waals surface area contributed by atoms with Crippen LogP contribution in [0.2, 0.25) is 0 Å². The van der Waals surface area contributed by atoms with Crippen LogP contribution < -0.4 is 0 Å². The third-order valence-corrected chi connectivity index (χ3v) is 3.63. The molecule has 0 unspecified atom stereocenters. The number of hydrogen-bond donors (Lipinski definition) is 1. The summed E-state index contributed by atoms with van der Waals surface area (Å²) >= 11 is 1.09. The van der Waals surface area contributed by atoms with E-state index in [1.807, 2.05) is 6.92 Å². The van der Waals surface area contributed by atoms with Gasteiger partial charge in [-0.3, -0.25) is 4.79 Å². The Kier molecular flexibility index (Phi) is 6.59. The summed E-state index contributed by atoms with van der Waals surface area (Å²) in [6.07, 6.45) is 0.619. The lowest BCUT2D eigenvalue weighted by atomic mass is 10.0. The Bertz CT molecular complexity index is 445. The number of aliphatic hydroxyl groups is 1. The maximum absolute atomic E-state index is 11.8. The highest BCUT2D eigenvalue weighted by molar-refractivity contribution is 8.13. The molecule has 4 nitrogen and oxygen atoms in total. The first kappa shape index (κ1) is 15.7. The van der Waals surface area contributed by atoms with E-state index in [-0.39, 0.29) is 10.7 Å². The molecule has 0 saturated heterocycles. The van der Waals surface area contributed by atoms with E-state index in [9.17, 15) is 14.7 Å². The number of benzene rings is 1. The van der Waals surface area contributed by atoms with Crippen LogP contribution in [0.5, 0.6) is 0 Å². The van der Waals surface area contributed by atoms with Gasteiger partial charge in [-0.15, -0.1) is 0 Å². The summed E-state index contributed by atoms with van der Waals surface area (Å²) in [4.78, 5) is 23.4. The molecule has 0 aliphatic heterocycles. The molecule has 1 atom stereocenters. The minimum Gasteiger partial charge on any atom is -0.465 e. The molecule has 104 valence electrons. The molecule has 19 heavy (non-hydrogen) atoms. The molecule has 1 aromatic carbocycles. The van der Waals surface area contributed by atoms with E-state index in [0.29, 0.717) is 11.3 Å². The van der Waals surface area contributed by atoms with Crippen LogP contribution in [0.15, 0.2) is 24.3 Å². The Hall–Kier alpha value is -1.33. The van der Waals surface area contributed by atoms with Crippen molar-refractivity contribution < 1.29 is 19.4 Å². The van der Waals surface area contributed by atoms with Gasteiger partial charge in [0.15, 0.2) is 0 Å². The van der Waals surface area contributed by atoms with E-state index < -0.39 is 12.1 Å². The lowest BCUT2D eigenvalue weighted by Gasteiger charge is -2.12. The first-order chi connectivity index (χ1) is 9.11. The molecular formula is C14H18O4S. The molecule has 0 radical (unpaired) electrons. The normalized spacial score (nSPS) is 11.9. The topological polar surface area (TPSA) is 63.6 Å². The Balaban J connectivity index is 2.84. The number of unbranched alkanes of at least 4 members (excludes halogenated alkanes) is 1. The Morgan fingerprint density at radius 1 is 1.37 bits per heavy atom. The van der Waals surface area contributed by atoms with Crippen LogP contribution in [-0.2, 0) is 9.53 Å². The third-order valence-electron chi connectivity index (χ3n) is 2.63. The van der Waals surface area contributed by atoms with Gasteiger partial charge in [0.1, 0.15) is 6.10 Å². The minimum atomic E-state index is -1.29. The minimum absolute atomic E-state index is 0.224. The number of thioether (sulfide) groups is 1. The van der Waals surface area contributed by atoms with Crippen LogP contribution in [0.3, 0.4) is 0 Å². The SMILES string of the molecule is CCCCSC(=O)[C@@H](O)c1ccccc1C(=O)OC. The molecule has 0 bridgehead atoms. The molecule has 0 aliphatic rings. The molecule has 0 amide bonds. The highest BCUT2D eigenvalue weighted by atomic mass is 32.2. The van der Waals surface area contributed by atoms with Gasteiger partial charge in [0.2, 0.25) is 5.12 Å². The van der Waals surface area contributed by atoms with Gasteiger partial charge in [-0.2, -0.15) is 0 Å². The van der Waals surface area contributed by atoms with Gasteiger partial charge in [-0.25, -0.2) is 4.79 Å². The standard InChI is InChI=1S/C14H18O4S/c1-3-4-9-19-14(17)12(15)10-7-5-6-8-11(10)13(16)18-2/h5-8,12,15H,3-4,9H2,1-2H3/t12-/m0/s1. The van der Waals surface area contributed by atoms with Crippen molar-refractivity contribution in [2.45, 2.75) is 25.9 Å². The van der Waals surface area contributed by atoms with Gasteiger partial charge in [-0.05, 0) is 12.5 Å². The van der Waals surface area contributed by atoms with Gasteiger partial charge in [0.25, 0.3) is 0 Å². The van der Waals surface area contributed by atoms with Crippen molar-refractivity contribution >= 4 is 22.8 Å². The Morgan fingerprint density at radius 2 is 2.05 bits per heavy atom. The van der Waals surface area contributed by atoms with Crippen molar-refractivity contribution in [1.82, 2.24) is 0 Å². The van der Waals surface area contributed by atoms with Crippen molar-refractivity contribution in [1.29, 1.82) is 0 Å². The van der Waals surface area contributed by atoms with Crippen molar-refractivity contribution in [2.75, 3.05) is 12.9 Å². The third kappa shape index (κ3) is 4.36. The van der Waals surface area contributed by atoms with Crippen LogP contribution in [-0.4, -0.2) is 29.1 Å². The van der Waals surface area contributed by atoms with E-state index in [4.69, 9.17) is 0 Å². The number of ether oxygens (including phenoxy) is 1. The van der Waals surface area contributed by atoms with Crippen molar-refractivity contribution in [3.05, 3.63) is 35.4 Å². The fourth-order valence-corrected chi connectivity index (χ4v) is 2.47. The highest BCUT2D eigenvalue weighted by Crippen LogP contribution is 2.24. The van der Waals surface area contributed by atoms with Crippen LogP contribution in [0.4, 0.5) is 0 Å². The fraction of sp³-hybridized carbons (Fsp3) is 0.429. The van der Waals surface area contributed by atoms with Crippen LogP contribution in [0, 0.1) is 0 Å². The molecule has 0 aliphatic carbocycles. The maximum Gasteiger partial charge on any atom is 0.338 e. The van der Waals surface area contributed by atoms with E-state index in [0.717, 1.165) is 24.6 Å². The zero-order valence-corrected chi connectivity index (χ0v) is 11.9. The second-order valence-electron chi connectivity index (χ2n) is 4.00. The lowest BCUT2D eigenvalue weighted by Crippen LogP contribution is -2.14. The number of aliphatic hydroxyl groups excluding tert-OH is 1. The maximum atomic E-state index is 11.8. The zero-order valence-electron chi connectivity index (χ0n) is 11.1. The average Bonchev–Trinajstić information content (AvgIpc) is 2.45. The molecule has 0 heterocycles. The van der Waals surface area contributed by atoms with Gasteiger partial charge in [-0.1, -0.05) is 43.3 Å². The smallest absolute Gasteiger partial charge is 0.338 e. The van der Waals surface area contributed by atoms with Gasteiger partial charge < -0.3 is 9.84 Å². The van der Waals surface area contributed by atoms with Crippen molar-refractivity contribution in [3.8, 4) is 0 Å². The van der Waals surface area contributed by atoms with E-state index in [1.54, 1.807) is 18.2 Å². The molecule has 1 rings (SSSR count). The van der Waals surface area contributed by atoms with E-state index in [1.165, 1.54) is 13.2 Å².